The first kappa shape index (κ1) is 8.36. The lowest BCUT2D eigenvalue weighted by molar-refractivity contribution is -0.133. The van der Waals surface area contributed by atoms with Gasteiger partial charge in [-0.3, -0.25) is 0 Å². The van der Waals surface area contributed by atoms with Crippen molar-refractivity contribution in [3.63, 3.8) is 0 Å². The van der Waals surface area contributed by atoms with E-state index in [-0.39, 0.29) is 11.8 Å². The molecule has 0 N–H and O–H groups in total. The Morgan fingerprint density at radius 2 is 1.29 bits per heavy atom. The van der Waals surface area contributed by atoms with Crippen LogP contribution in [0.2, 0.25) is 0 Å². The third-order valence-electron chi connectivity index (χ3n) is 1.38. The van der Waals surface area contributed by atoms with Gasteiger partial charge in [-0.25, -0.2) is 19.6 Å². The molecular weight excluding hydrogens is 188 g/mol. The van der Waals surface area contributed by atoms with Crippen LogP contribution in [0, 0.1) is 0 Å². The van der Waals surface area contributed by atoms with Crippen molar-refractivity contribution in [1.82, 2.24) is 9.97 Å². The van der Waals surface area contributed by atoms with Crippen LogP contribution in [-0.2, 0) is 9.59 Å². The van der Waals surface area contributed by atoms with Gasteiger partial charge in [0.1, 0.15) is 0 Å². The second-order valence-electron chi connectivity index (χ2n) is 2.34. The summed E-state index contributed by atoms with van der Waals surface area (Å²) in [6.45, 7) is 0. The summed E-state index contributed by atoms with van der Waals surface area (Å²) in [5.74, 6) is -1.61. The topological polar surface area (TPSA) is 78.4 Å². The van der Waals surface area contributed by atoms with Gasteiger partial charge in [-0.15, -0.1) is 0 Å². The highest BCUT2D eigenvalue weighted by Gasteiger charge is 2.16. The summed E-state index contributed by atoms with van der Waals surface area (Å²) in [5.41, 5.74) is 0. The Kier molecular flexibility index (Phi) is 1.94. The predicted octanol–water partition coefficient (Wildman–Crippen LogP) is -0.143. The van der Waals surface area contributed by atoms with E-state index in [1.807, 2.05) is 0 Å². The second kappa shape index (κ2) is 3.25. The Morgan fingerprint density at radius 1 is 0.857 bits per heavy atom. The average Bonchev–Trinajstić information content (AvgIpc) is 2.16. The molecule has 2 heterocycles. The van der Waals surface area contributed by atoms with Gasteiger partial charge in [0.05, 0.1) is 0 Å². The van der Waals surface area contributed by atoms with Crippen LogP contribution in [0.15, 0.2) is 24.5 Å². The molecule has 0 fully saturated rings. The van der Waals surface area contributed by atoms with Gasteiger partial charge in [0.25, 0.3) is 11.8 Å². The molecule has 0 radical (unpaired) electrons. The van der Waals surface area contributed by atoms with Crippen molar-refractivity contribution in [2.75, 3.05) is 0 Å². The van der Waals surface area contributed by atoms with Crippen LogP contribution >= 0.6 is 0 Å². The summed E-state index contributed by atoms with van der Waals surface area (Å²) < 4.78 is 9.42. The van der Waals surface area contributed by atoms with Crippen molar-refractivity contribution in [2.45, 2.75) is 0 Å². The lowest BCUT2D eigenvalue weighted by atomic mass is 10.5. The van der Waals surface area contributed by atoms with E-state index in [2.05, 4.69) is 9.97 Å². The first-order valence-corrected chi connectivity index (χ1v) is 3.68. The van der Waals surface area contributed by atoms with Gasteiger partial charge in [0.15, 0.2) is 0 Å². The number of carbonyl (C=O) groups excluding carboxylic acids is 2. The van der Waals surface area contributed by atoms with E-state index in [0.29, 0.717) is 0 Å². The highest BCUT2D eigenvalue weighted by Crippen LogP contribution is 2.21. The normalized spacial score (nSPS) is 17.1. The zero-order chi connectivity index (χ0) is 9.97. The molecule has 0 saturated carbocycles. The molecule has 6 heteroatoms. The number of hydrogen-bond donors (Lipinski definition) is 0. The Hall–Kier alpha value is -2.24. The number of rotatable bonds is 0. The maximum atomic E-state index is 11.0. The molecule has 1 aromatic heterocycles. The molecule has 70 valence electrons. The van der Waals surface area contributed by atoms with Gasteiger partial charge in [0.2, 0.25) is 0 Å². The summed E-state index contributed by atoms with van der Waals surface area (Å²) in [5, 5.41) is 0. The molecule has 1 aromatic rings. The molecule has 0 spiro atoms. The van der Waals surface area contributed by atoms with E-state index in [4.69, 9.17) is 9.47 Å². The van der Waals surface area contributed by atoms with Crippen LogP contribution in [0.3, 0.4) is 0 Å². The van der Waals surface area contributed by atoms with Crippen LogP contribution < -0.4 is 9.47 Å². The first-order chi connectivity index (χ1) is 6.75. The minimum Gasteiger partial charge on any atom is -0.399 e. The van der Waals surface area contributed by atoms with E-state index in [0.717, 1.165) is 12.2 Å². The van der Waals surface area contributed by atoms with E-state index < -0.39 is 11.9 Å². The molecule has 0 unspecified atom stereocenters. The zero-order valence-corrected chi connectivity index (χ0v) is 6.84. The van der Waals surface area contributed by atoms with Crippen molar-refractivity contribution in [2.24, 2.45) is 0 Å². The quantitative estimate of drug-likeness (QED) is 0.532. The number of fused-ring (bicyclic) bond motifs is 1. The zero-order valence-electron chi connectivity index (χ0n) is 6.84. The van der Waals surface area contributed by atoms with Gasteiger partial charge < -0.3 is 9.47 Å². The molecule has 2 rings (SSSR count). The van der Waals surface area contributed by atoms with Crippen molar-refractivity contribution >= 4 is 11.9 Å². The smallest absolute Gasteiger partial charge is 0.337 e. The van der Waals surface area contributed by atoms with Crippen molar-refractivity contribution in [3.8, 4) is 11.8 Å². The van der Waals surface area contributed by atoms with Crippen LogP contribution in [0.4, 0.5) is 0 Å². The Labute approximate surface area is 78.2 Å². The lowest BCUT2D eigenvalue weighted by Gasteiger charge is -2.07. The highest BCUT2D eigenvalue weighted by atomic mass is 16.6. The SMILES string of the molecule is O=C1/C=C/C(=O)Oc2nccnc2O1. The van der Waals surface area contributed by atoms with Crippen molar-refractivity contribution in [3.05, 3.63) is 24.5 Å². The molecule has 0 amide bonds. The van der Waals surface area contributed by atoms with Gasteiger partial charge in [-0.05, 0) is 0 Å². The predicted molar refractivity (Wildman–Crippen MR) is 42.4 cm³/mol. The molecule has 1 aliphatic rings. The van der Waals surface area contributed by atoms with E-state index in [9.17, 15) is 9.59 Å². The fraction of sp³-hybridized carbons (Fsp3) is 0. The minimum atomic E-state index is -0.691. The van der Waals surface area contributed by atoms with Gasteiger partial charge in [-0.1, -0.05) is 0 Å². The Balaban J connectivity index is 2.44. The molecule has 0 bridgehead atoms. The monoisotopic (exact) mass is 192 g/mol. The summed E-state index contributed by atoms with van der Waals surface area (Å²) >= 11 is 0. The van der Waals surface area contributed by atoms with Crippen LogP contribution in [-0.4, -0.2) is 21.9 Å². The Morgan fingerprint density at radius 3 is 1.71 bits per heavy atom. The minimum absolute atomic E-state index is 0.116. The number of ether oxygens (including phenoxy) is 2. The maximum absolute atomic E-state index is 11.0. The fourth-order valence-electron chi connectivity index (χ4n) is 0.847. The molecule has 0 saturated heterocycles. The van der Waals surface area contributed by atoms with Crippen LogP contribution in [0.25, 0.3) is 0 Å². The summed E-state index contributed by atoms with van der Waals surface area (Å²) in [6, 6.07) is 0. The highest BCUT2D eigenvalue weighted by molar-refractivity contribution is 5.94. The average molecular weight is 192 g/mol. The summed E-state index contributed by atoms with van der Waals surface area (Å²) in [4.78, 5) is 29.3. The largest absolute Gasteiger partial charge is 0.399 e. The molecule has 6 nitrogen and oxygen atoms in total. The molecule has 0 aliphatic carbocycles. The van der Waals surface area contributed by atoms with E-state index in [1.165, 1.54) is 12.4 Å². The van der Waals surface area contributed by atoms with Gasteiger partial charge in [0, 0.05) is 24.5 Å². The number of carbonyl (C=O) groups is 2. The molecule has 1 aliphatic heterocycles. The van der Waals surface area contributed by atoms with E-state index in [1.54, 1.807) is 0 Å². The summed E-state index contributed by atoms with van der Waals surface area (Å²) in [7, 11) is 0. The van der Waals surface area contributed by atoms with Gasteiger partial charge in [-0.2, -0.15) is 0 Å². The molecule has 0 aromatic carbocycles. The van der Waals surface area contributed by atoms with Gasteiger partial charge >= 0.3 is 11.9 Å². The number of hydrogen-bond acceptors (Lipinski definition) is 6. The third kappa shape index (κ3) is 1.58. The van der Waals surface area contributed by atoms with Crippen LogP contribution in [0.1, 0.15) is 0 Å². The fourth-order valence-corrected chi connectivity index (χ4v) is 0.847. The lowest BCUT2D eigenvalue weighted by Crippen LogP contribution is -2.15. The number of aromatic nitrogens is 2. The first-order valence-electron chi connectivity index (χ1n) is 3.68. The Bertz CT molecular complexity index is 388. The third-order valence-corrected chi connectivity index (χ3v) is 1.38. The maximum Gasteiger partial charge on any atom is 0.337 e. The van der Waals surface area contributed by atoms with Crippen molar-refractivity contribution in [1.29, 1.82) is 0 Å². The number of nitrogens with zero attached hydrogens (tertiary/aromatic N) is 2. The number of esters is 2. The van der Waals surface area contributed by atoms with E-state index >= 15 is 0 Å². The standard InChI is InChI=1S/C8H4N2O4/c11-5-1-2-6(12)14-8-7(13-5)9-3-4-10-8/h1-4H/b2-1+. The summed E-state index contributed by atoms with van der Waals surface area (Å²) in [6.07, 6.45) is 4.57. The molecule has 0 atom stereocenters. The molecule has 14 heavy (non-hydrogen) atoms. The molecular formula is C8H4N2O4. The van der Waals surface area contributed by atoms with Crippen molar-refractivity contribution < 1.29 is 19.1 Å². The van der Waals surface area contributed by atoms with Crippen LogP contribution in [0.5, 0.6) is 11.8 Å². The second-order valence-corrected chi connectivity index (χ2v) is 2.34.